The van der Waals surface area contributed by atoms with Gasteiger partial charge in [-0.2, -0.15) is 8.78 Å². The number of aliphatic hydroxyl groups excluding tert-OH is 1. The third kappa shape index (κ3) is 3.72. The average Bonchev–Trinajstić information content (AvgIpc) is 2.87. The van der Waals surface area contributed by atoms with Gasteiger partial charge in [-0.15, -0.1) is 0 Å². The Morgan fingerprint density at radius 1 is 1.43 bits per heavy atom. The van der Waals surface area contributed by atoms with Crippen LogP contribution in [0.4, 0.5) is 24.5 Å². The topological polar surface area (TPSA) is 58.7 Å². The fraction of sp³-hybridized carbons (Fsp3) is 0.571. The number of ether oxygens (including phenoxy) is 1. The molecule has 1 fully saturated rings. The predicted octanol–water partition coefficient (Wildman–Crippen LogP) is 2.75. The molecule has 1 heterocycles. The van der Waals surface area contributed by atoms with Gasteiger partial charge in [0.15, 0.2) is 11.6 Å². The number of benzene rings is 1. The molecule has 7 heteroatoms. The lowest BCUT2D eigenvalue weighted by atomic mass is 10.1. The van der Waals surface area contributed by atoms with Crippen LogP contribution in [-0.2, 0) is 0 Å². The highest BCUT2D eigenvalue weighted by Gasteiger charge is 2.27. The van der Waals surface area contributed by atoms with Crippen LogP contribution in [0.5, 0.6) is 5.75 Å². The summed E-state index contributed by atoms with van der Waals surface area (Å²) < 4.78 is 42.4. The molecular formula is C14H19F3N2O2. The number of nitrogens with zero attached hydrogens (tertiary/aromatic N) is 1. The van der Waals surface area contributed by atoms with Crippen molar-refractivity contribution < 1.29 is 23.0 Å². The molecule has 21 heavy (non-hydrogen) atoms. The standard InChI is InChI=1S/C14H19F3N2O2/c15-10-7-11(18)12(8-13(10)21-14(16)17)19-5-1-3-9(19)4-2-6-20/h7-9,14,20H,1-6,18H2. The van der Waals surface area contributed by atoms with Crippen LogP contribution in [0.3, 0.4) is 0 Å². The highest BCUT2D eigenvalue weighted by atomic mass is 19.3. The lowest BCUT2D eigenvalue weighted by Crippen LogP contribution is -2.30. The van der Waals surface area contributed by atoms with Crippen molar-refractivity contribution in [1.29, 1.82) is 0 Å². The van der Waals surface area contributed by atoms with Crippen LogP contribution in [0, 0.1) is 5.82 Å². The molecule has 0 saturated carbocycles. The van der Waals surface area contributed by atoms with Crippen molar-refractivity contribution in [2.45, 2.75) is 38.3 Å². The summed E-state index contributed by atoms with van der Waals surface area (Å²) in [4.78, 5) is 1.97. The molecule has 0 radical (unpaired) electrons. The van der Waals surface area contributed by atoms with E-state index in [-0.39, 0.29) is 18.3 Å². The van der Waals surface area contributed by atoms with E-state index in [2.05, 4.69) is 4.74 Å². The van der Waals surface area contributed by atoms with Crippen LogP contribution in [0.1, 0.15) is 25.7 Å². The van der Waals surface area contributed by atoms with E-state index >= 15 is 0 Å². The summed E-state index contributed by atoms with van der Waals surface area (Å²) in [7, 11) is 0. The Bertz CT molecular complexity index is 486. The molecule has 1 aromatic carbocycles. The maximum Gasteiger partial charge on any atom is 0.387 e. The minimum absolute atomic E-state index is 0.100. The Hall–Kier alpha value is -1.63. The van der Waals surface area contributed by atoms with Crippen molar-refractivity contribution in [3.63, 3.8) is 0 Å². The molecule has 1 aromatic rings. The summed E-state index contributed by atoms with van der Waals surface area (Å²) >= 11 is 0. The van der Waals surface area contributed by atoms with Gasteiger partial charge in [0.2, 0.25) is 0 Å². The van der Waals surface area contributed by atoms with Crippen molar-refractivity contribution >= 4 is 11.4 Å². The molecule has 0 aromatic heterocycles. The lowest BCUT2D eigenvalue weighted by Gasteiger charge is -2.28. The van der Waals surface area contributed by atoms with Gasteiger partial charge in [-0.1, -0.05) is 0 Å². The van der Waals surface area contributed by atoms with Crippen molar-refractivity contribution in [2.75, 3.05) is 23.8 Å². The van der Waals surface area contributed by atoms with E-state index in [0.717, 1.165) is 31.9 Å². The molecule has 0 spiro atoms. The Morgan fingerprint density at radius 3 is 2.86 bits per heavy atom. The summed E-state index contributed by atoms with van der Waals surface area (Å²) in [6.45, 7) is -2.26. The van der Waals surface area contributed by atoms with Crippen LogP contribution in [0.2, 0.25) is 0 Å². The van der Waals surface area contributed by atoms with Gasteiger partial charge in [-0.05, 0) is 25.7 Å². The van der Waals surface area contributed by atoms with Crippen molar-refractivity contribution in [3.05, 3.63) is 17.9 Å². The molecule has 1 aliphatic heterocycles. The number of nitrogen functional groups attached to an aromatic ring is 1. The Balaban J connectivity index is 2.25. The van der Waals surface area contributed by atoms with Crippen molar-refractivity contribution in [3.8, 4) is 5.75 Å². The fourth-order valence-corrected chi connectivity index (χ4v) is 2.77. The van der Waals surface area contributed by atoms with Gasteiger partial charge in [0.05, 0.1) is 11.4 Å². The van der Waals surface area contributed by atoms with Crippen LogP contribution in [0.15, 0.2) is 12.1 Å². The first-order valence-electron chi connectivity index (χ1n) is 6.94. The number of rotatable bonds is 6. The van der Waals surface area contributed by atoms with E-state index < -0.39 is 18.2 Å². The fourth-order valence-electron chi connectivity index (χ4n) is 2.77. The minimum atomic E-state index is -3.08. The Morgan fingerprint density at radius 2 is 2.19 bits per heavy atom. The lowest BCUT2D eigenvalue weighted by molar-refractivity contribution is -0.0521. The molecule has 0 amide bonds. The first-order valence-corrected chi connectivity index (χ1v) is 6.94. The number of nitrogens with two attached hydrogens (primary N) is 1. The van der Waals surface area contributed by atoms with E-state index in [1.54, 1.807) is 0 Å². The summed E-state index contributed by atoms with van der Waals surface area (Å²) in [5.41, 5.74) is 6.52. The number of anilines is 2. The maximum absolute atomic E-state index is 13.6. The third-order valence-electron chi connectivity index (χ3n) is 3.68. The van der Waals surface area contributed by atoms with Gasteiger partial charge in [0.1, 0.15) is 0 Å². The SMILES string of the molecule is Nc1cc(F)c(OC(F)F)cc1N1CCCC1CCCO. The highest BCUT2D eigenvalue weighted by Crippen LogP contribution is 2.36. The molecular weight excluding hydrogens is 285 g/mol. The molecule has 1 atom stereocenters. The zero-order valence-electron chi connectivity index (χ0n) is 11.6. The monoisotopic (exact) mass is 304 g/mol. The van der Waals surface area contributed by atoms with Gasteiger partial charge in [-0.3, -0.25) is 0 Å². The first kappa shape index (κ1) is 15.8. The molecule has 118 valence electrons. The predicted molar refractivity (Wildman–Crippen MR) is 74.1 cm³/mol. The summed E-state index contributed by atoms with van der Waals surface area (Å²) in [6.07, 6.45) is 3.31. The van der Waals surface area contributed by atoms with Crippen molar-refractivity contribution in [2.24, 2.45) is 0 Å². The second kappa shape index (κ2) is 6.89. The molecule has 0 aliphatic carbocycles. The quantitative estimate of drug-likeness (QED) is 0.793. The van der Waals surface area contributed by atoms with Gasteiger partial charge in [0.25, 0.3) is 0 Å². The summed E-state index contributed by atoms with van der Waals surface area (Å²) in [5, 5.41) is 8.92. The number of aliphatic hydroxyl groups is 1. The van der Waals surface area contributed by atoms with E-state index in [9.17, 15) is 13.2 Å². The van der Waals surface area contributed by atoms with Gasteiger partial charge < -0.3 is 20.5 Å². The van der Waals surface area contributed by atoms with Gasteiger partial charge >= 0.3 is 6.61 Å². The Labute approximate surface area is 121 Å². The third-order valence-corrected chi connectivity index (χ3v) is 3.68. The molecule has 2 rings (SSSR count). The number of alkyl halides is 2. The molecule has 0 bridgehead atoms. The van der Waals surface area contributed by atoms with Crippen LogP contribution in [0.25, 0.3) is 0 Å². The van der Waals surface area contributed by atoms with Gasteiger partial charge in [0, 0.05) is 31.3 Å². The van der Waals surface area contributed by atoms with E-state index in [1.807, 2.05) is 4.90 Å². The molecule has 3 N–H and O–H groups in total. The average molecular weight is 304 g/mol. The highest BCUT2D eigenvalue weighted by molar-refractivity contribution is 5.70. The second-order valence-electron chi connectivity index (χ2n) is 5.08. The largest absolute Gasteiger partial charge is 0.432 e. The van der Waals surface area contributed by atoms with E-state index in [4.69, 9.17) is 10.8 Å². The number of hydrogen-bond donors (Lipinski definition) is 2. The molecule has 1 aliphatic rings. The molecule has 1 unspecified atom stereocenters. The number of halogens is 3. The second-order valence-corrected chi connectivity index (χ2v) is 5.08. The maximum atomic E-state index is 13.6. The van der Waals surface area contributed by atoms with Crippen molar-refractivity contribution in [1.82, 2.24) is 0 Å². The zero-order valence-corrected chi connectivity index (χ0v) is 11.6. The van der Waals surface area contributed by atoms with E-state index in [0.29, 0.717) is 12.1 Å². The Kier molecular flexibility index (Phi) is 5.17. The normalized spacial score (nSPS) is 18.5. The minimum Gasteiger partial charge on any atom is -0.432 e. The molecule has 1 saturated heterocycles. The van der Waals surface area contributed by atoms with E-state index in [1.165, 1.54) is 6.07 Å². The summed E-state index contributed by atoms with van der Waals surface area (Å²) in [5.74, 6) is -1.40. The summed E-state index contributed by atoms with van der Waals surface area (Å²) in [6, 6.07) is 2.41. The van der Waals surface area contributed by atoms with Crippen LogP contribution >= 0.6 is 0 Å². The van der Waals surface area contributed by atoms with Gasteiger partial charge in [-0.25, -0.2) is 4.39 Å². The smallest absolute Gasteiger partial charge is 0.387 e. The number of hydrogen-bond acceptors (Lipinski definition) is 4. The molecule has 4 nitrogen and oxygen atoms in total. The van der Waals surface area contributed by atoms with Crippen LogP contribution in [-0.4, -0.2) is 30.9 Å². The van der Waals surface area contributed by atoms with Crippen LogP contribution < -0.4 is 15.4 Å². The zero-order chi connectivity index (χ0) is 15.4. The first-order chi connectivity index (χ1) is 10.0.